The maximum atomic E-state index is 10.6. The van der Waals surface area contributed by atoms with Gasteiger partial charge in [0.05, 0.1) is 20.4 Å². The molecule has 1 heterocycles. The first-order valence-electron chi connectivity index (χ1n) is 9.61. The van der Waals surface area contributed by atoms with Crippen molar-refractivity contribution in [2.24, 2.45) is 0 Å². The maximum Gasteiger partial charge on any atom is 0.173 e. The molecule has 7 nitrogen and oxygen atoms in total. The van der Waals surface area contributed by atoms with Crippen molar-refractivity contribution in [3.05, 3.63) is 78.5 Å². The Morgan fingerprint density at radius 2 is 1.58 bits per heavy atom. The average Bonchev–Trinajstić information content (AvgIpc) is 3.26. The van der Waals surface area contributed by atoms with E-state index in [9.17, 15) is 5.11 Å². The molecule has 0 bridgehead atoms. The molecule has 0 fully saturated rings. The fourth-order valence-electron chi connectivity index (χ4n) is 3.07. The van der Waals surface area contributed by atoms with Crippen molar-refractivity contribution in [1.82, 2.24) is 10.2 Å². The van der Waals surface area contributed by atoms with Gasteiger partial charge in [-0.25, -0.2) is 0 Å². The minimum absolute atomic E-state index is 0.0429. The van der Waals surface area contributed by atoms with Crippen LogP contribution < -0.4 is 18.9 Å². The van der Waals surface area contributed by atoms with Crippen molar-refractivity contribution >= 4 is 0 Å². The van der Waals surface area contributed by atoms with Crippen molar-refractivity contribution in [2.45, 2.75) is 6.61 Å². The van der Waals surface area contributed by atoms with Gasteiger partial charge in [0.25, 0.3) is 0 Å². The predicted octanol–water partition coefficient (Wildman–Crippen LogP) is 5.17. The fraction of sp³-hybridized carbons (Fsp3) is 0.125. The van der Waals surface area contributed by atoms with Gasteiger partial charge in [0.2, 0.25) is 0 Å². The summed E-state index contributed by atoms with van der Waals surface area (Å²) >= 11 is 0. The zero-order valence-corrected chi connectivity index (χ0v) is 17.2. The summed E-state index contributed by atoms with van der Waals surface area (Å²) in [6.07, 6.45) is 1.55. The zero-order chi connectivity index (χ0) is 21.6. The van der Waals surface area contributed by atoms with Gasteiger partial charge in [-0.3, -0.25) is 5.10 Å². The molecule has 0 atom stereocenters. The number of H-pyrrole nitrogens is 1. The van der Waals surface area contributed by atoms with E-state index >= 15 is 0 Å². The number of para-hydroxylation sites is 2. The normalized spacial score (nSPS) is 10.5. The molecular weight excluding hydrogens is 396 g/mol. The Morgan fingerprint density at radius 1 is 0.839 bits per heavy atom. The van der Waals surface area contributed by atoms with Crippen LogP contribution >= 0.6 is 0 Å². The molecule has 0 radical (unpaired) electrons. The maximum absolute atomic E-state index is 10.6. The highest BCUT2D eigenvalue weighted by molar-refractivity contribution is 5.73. The number of phenolic OH excluding ortho intramolecular Hbond substituents is 1. The number of ether oxygens (including phenoxy) is 4. The number of nitrogens with one attached hydrogen (secondary N) is 1. The summed E-state index contributed by atoms with van der Waals surface area (Å²) in [6, 6.07) is 20.0. The first-order valence-corrected chi connectivity index (χ1v) is 9.61. The molecule has 0 unspecified atom stereocenters. The topological polar surface area (TPSA) is 85.8 Å². The molecule has 0 saturated carbocycles. The van der Waals surface area contributed by atoms with Crippen LogP contribution in [0.4, 0.5) is 0 Å². The van der Waals surface area contributed by atoms with Crippen molar-refractivity contribution in [1.29, 1.82) is 0 Å². The highest BCUT2D eigenvalue weighted by Gasteiger charge is 2.16. The molecule has 7 heteroatoms. The van der Waals surface area contributed by atoms with E-state index in [1.807, 2.05) is 42.5 Å². The molecule has 2 N–H and O–H groups in total. The van der Waals surface area contributed by atoms with Crippen molar-refractivity contribution in [3.63, 3.8) is 0 Å². The van der Waals surface area contributed by atoms with Gasteiger partial charge in [0, 0.05) is 11.6 Å². The largest absolute Gasteiger partial charge is 0.507 e. The number of rotatable bonds is 8. The van der Waals surface area contributed by atoms with Crippen LogP contribution in [0.3, 0.4) is 0 Å². The van der Waals surface area contributed by atoms with Gasteiger partial charge in [0.1, 0.15) is 29.5 Å². The Labute approximate surface area is 179 Å². The number of aromatic nitrogens is 2. The number of nitrogens with zero attached hydrogens (tertiary/aromatic N) is 1. The lowest BCUT2D eigenvalue weighted by Crippen LogP contribution is -1.96. The number of phenols is 1. The van der Waals surface area contributed by atoms with Crippen LogP contribution in [0.25, 0.3) is 11.3 Å². The summed E-state index contributed by atoms with van der Waals surface area (Å²) in [5.74, 6) is 2.99. The minimum Gasteiger partial charge on any atom is -0.507 e. The molecule has 3 aromatic carbocycles. The number of hydrogen-bond acceptors (Lipinski definition) is 6. The monoisotopic (exact) mass is 418 g/mol. The second-order valence-electron chi connectivity index (χ2n) is 6.68. The molecule has 31 heavy (non-hydrogen) atoms. The Morgan fingerprint density at radius 3 is 2.29 bits per heavy atom. The van der Waals surface area contributed by atoms with Crippen molar-refractivity contribution in [3.8, 4) is 45.8 Å². The van der Waals surface area contributed by atoms with Crippen LogP contribution in [0.2, 0.25) is 0 Å². The summed E-state index contributed by atoms with van der Waals surface area (Å²) < 4.78 is 22.2. The third-order valence-corrected chi connectivity index (χ3v) is 4.70. The molecule has 0 saturated heterocycles. The third kappa shape index (κ3) is 4.56. The van der Waals surface area contributed by atoms with Gasteiger partial charge >= 0.3 is 0 Å². The summed E-state index contributed by atoms with van der Waals surface area (Å²) in [7, 11) is 3.21. The first-order chi connectivity index (χ1) is 15.2. The Kier molecular flexibility index (Phi) is 5.93. The van der Waals surface area contributed by atoms with Crippen LogP contribution in [-0.2, 0) is 6.61 Å². The summed E-state index contributed by atoms with van der Waals surface area (Å²) in [5.41, 5.74) is 2.08. The number of hydrogen-bond donors (Lipinski definition) is 2. The quantitative estimate of drug-likeness (QED) is 0.411. The van der Waals surface area contributed by atoms with Gasteiger partial charge in [0.15, 0.2) is 17.2 Å². The SMILES string of the molecule is COc1ccc(COc2ccc(-c3[nH]ncc3Oc3ccccc3OC)c(O)c2)cc1. The van der Waals surface area contributed by atoms with Gasteiger partial charge in [-0.05, 0) is 42.0 Å². The molecule has 0 spiro atoms. The third-order valence-electron chi connectivity index (χ3n) is 4.70. The van der Waals surface area contributed by atoms with Gasteiger partial charge in [-0.2, -0.15) is 5.10 Å². The molecule has 158 valence electrons. The van der Waals surface area contributed by atoms with E-state index in [-0.39, 0.29) is 5.75 Å². The number of benzene rings is 3. The molecule has 0 aliphatic rings. The fourth-order valence-corrected chi connectivity index (χ4v) is 3.07. The number of aromatic amines is 1. The van der Waals surface area contributed by atoms with Crippen LogP contribution in [-0.4, -0.2) is 29.5 Å². The smallest absolute Gasteiger partial charge is 0.173 e. The second kappa shape index (κ2) is 9.13. The van der Waals surface area contributed by atoms with Crippen LogP contribution in [0.15, 0.2) is 72.9 Å². The van der Waals surface area contributed by atoms with E-state index in [1.54, 1.807) is 44.7 Å². The molecule has 0 aliphatic heterocycles. The first kappa shape index (κ1) is 20.2. The van der Waals surface area contributed by atoms with Gasteiger partial charge < -0.3 is 24.1 Å². The summed E-state index contributed by atoms with van der Waals surface area (Å²) in [6.45, 7) is 0.370. The standard InChI is InChI=1S/C24H22N2O5/c1-28-17-9-7-16(8-10-17)15-30-18-11-12-19(20(27)13-18)24-23(14-25-26-24)31-22-6-4-3-5-21(22)29-2/h3-14,27H,15H2,1-2H3,(H,25,26). The van der Waals surface area contributed by atoms with E-state index < -0.39 is 0 Å². The van der Waals surface area contributed by atoms with Crippen molar-refractivity contribution in [2.75, 3.05) is 14.2 Å². The molecule has 0 aliphatic carbocycles. The Bertz CT molecular complexity index is 1150. The summed E-state index contributed by atoms with van der Waals surface area (Å²) in [5, 5.41) is 17.5. The Balaban J connectivity index is 1.50. The number of aromatic hydroxyl groups is 1. The van der Waals surface area contributed by atoms with Gasteiger partial charge in [-0.15, -0.1) is 0 Å². The van der Waals surface area contributed by atoms with E-state index in [2.05, 4.69) is 10.2 Å². The lowest BCUT2D eigenvalue weighted by Gasteiger charge is -2.12. The van der Waals surface area contributed by atoms with Crippen LogP contribution in [0.1, 0.15) is 5.56 Å². The molecule has 4 aromatic rings. The lowest BCUT2D eigenvalue weighted by atomic mass is 10.1. The predicted molar refractivity (Wildman–Crippen MR) is 116 cm³/mol. The molecule has 4 rings (SSSR count). The Hall–Kier alpha value is -4.13. The highest BCUT2D eigenvalue weighted by Crippen LogP contribution is 2.39. The minimum atomic E-state index is 0.0429. The van der Waals surface area contributed by atoms with Crippen LogP contribution in [0.5, 0.6) is 34.5 Å². The van der Waals surface area contributed by atoms with E-state index in [4.69, 9.17) is 18.9 Å². The molecule has 0 amide bonds. The van der Waals surface area contributed by atoms with E-state index in [0.29, 0.717) is 40.9 Å². The van der Waals surface area contributed by atoms with E-state index in [1.165, 1.54) is 0 Å². The summed E-state index contributed by atoms with van der Waals surface area (Å²) in [4.78, 5) is 0. The second-order valence-corrected chi connectivity index (χ2v) is 6.68. The van der Waals surface area contributed by atoms with Crippen LogP contribution in [0, 0.1) is 0 Å². The molecule has 1 aromatic heterocycles. The van der Waals surface area contributed by atoms with Gasteiger partial charge in [-0.1, -0.05) is 24.3 Å². The average molecular weight is 418 g/mol. The van der Waals surface area contributed by atoms with Crippen molar-refractivity contribution < 1.29 is 24.1 Å². The molecular formula is C24H22N2O5. The zero-order valence-electron chi connectivity index (χ0n) is 17.2. The lowest BCUT2D eigenvalue weighted by molar-refractivity contribution is 0.304. The van der Waals surface area contributed by atoms with E-state index in [0.717, 1.165) is 11.3 Å². The number of methoxy groups -OCH3 is 2. The highest BCUT2D eigenvalue weighted by atomic mass is 16.5.